The molecule has 0 spiro atoms. The monoisotopic (exact) mass is 170 g/mol. The van der Waals surface area contributed by atoms with Crippen molar-refractivity contribution in [1.82, 2.24) is 0 Å². The van der Waals surface area contributed by atoms with Crippen LogP contribution < -0.4 is 0 Å². The second-order valence-corrected chi connectivity index (χ2v) is 2.47. The molecular formula is C4H7FO4S. The molecule has 0 bridgehead atoms. The second-order valence-electron chi connectivity index (χ2n) is 1.25. The van der Waals surface area contributed by atoms with Crippen molar-refractivity contribution >= 4 is 10.4 Å². The van der Waals surface area contributed by atoms with E-state index < -0.39 is 16.4 Å². The maximum atomic E-state index is 11.6. The van der Waals surface area contributed by atoms with E-state index in [9.17, 15) is 12.8 Å². The fraction of sp³-hybridized carbons (Fsp3) is 0.500. The Bertz CT molecular complexity index is 207. The van der Waals surface area contributed by atoms with Crippen LogP contribution in [0, 0.1) is 0 Å². The zero-order valence-electron chi connectivity index (χ0n) is 5.33. The van der Waals surface area contributed by atoms with Crippen molar-refractivity contribution in [3.63, 3.8) is 0 Å². The Morgan fingerprint density at radius 1 is 1.70 bits per heavy atom. The van der Waals surface area contributed by atoms with Gasteiger partial charge in [-0.2, -0.15) is 12.8 Å². The lowest BCUT2D eigenvalue weighted by Crippen LogP contribution is -2.07. The lowest BCUT2D eigenvalue weighted by molar-refractivity contribution is 0.225. The summed E-state index contributed by atoms with van der Waals surface area (Å²) in [5.41, 5.74) is 0. The Morgan fingerprint density at radius 3 is 2.50 bits per heavy atom. The minimum Gasteiger partial charge on any atom is -0.332 e. The van der Waals surface area contributed by atoms with E-state index in [1.54, 1.807) is 0 Å². The van der Waals surface area contributed by atoms with Gasteiger partial charge in [-0.15, -0.1) is 0 Å². The minimum absolute atomic E-state index is 0.102. The van der Waals surface area contributed by atoms with Crippen LogP contribution in [-0.2, 0) is 18.8 Å². The Hall–Kier alpha value is -0.620. The summed E-state index contributed by atoms with van der Waals surface area (Å²) in [6.45, 7) is 3.91. The fourth-order valence-corrected chi connectivity index (χ4v) is 0.837. The summed E-state index contributed by atoms with van der Waals surface area (Å²) in [6, 6.07) is -1.41. The third-order valence-corrected chi connectivity index (χ3v) is 1.36. The van der Waals surface area contributed by atoms with Crippen molar-refractivity contribution in [1.29, 1.82) is 0 Å². The standard InChI is InChI=1S/C4H7FO4S/c1-3-8-10(6,7)9-4(2)5/h2-3H2,1H3. The smallest absolute Gasteiger partial charge is 0.332 e. The first-order chi connectivity index (χ1) is 4.48. The summed E-state index contributed by atoms with van der Waals surface area (Å²) in [5, 5.41) is 0. The number of hydrogen-bond donors (Lipinski definition) is 0. The first-order valence-corrected chi connectivity index (χ1v) is 3.74. The molecule has 0 aliphatic carbocycles. The van der Waals surface area contributed by atoms with E-state index in [2.05, 4.69) is 14.9 Å². The van der Waals surface area contributed by atoms with E-state index in [-0.39, 0.29) is 6.61 Å². The highest BCUT2D eigenvalue weighted by molar-refractivity contribution is 7.82. The average molecular weight is 170 g/mol. The summed E-state index contributed by atoms with van der Waals surface area (Å²) in [5.74, 6) is 0. The van der Waals surface area contributed by atoms with Crippen molar-refractivity contribution in [2.45, 2.75) is 6.92 Å². The Morgan fingerprint density at radius 2 is 2.20 bits per heavy atom. The van der Waals surface area contributed by atoms with E-state index in [1.807, 2.05) is 0 Å². The van der Waals surface area contributed by atoms with Crippen LogP contribution in [0.25, 0.3) is 0 Å². The molecule has 0 aliphatic rings. The van der Waals surface area contributed by atoms with E-state index in [0.29, 0.717) is 0 Å². The molecular weight excluding hydrogens is 163 g/mol. The number of halogens is 1. The van der Waals surface area contributed by atoms with Gasteiger partial charge in [-0.3, -0.25) is 0 Å². The molecule has 0 radical (unpaired) electrons. The molecule has 0 aromatic heterocycles. The zero-order chi connectivity index (χ0) is 8.20. The highest BCUT2D eigenvalue weighted by Crippen LogP contribution is 2.03. The second kappa shape index (κ2) is 3.52. The van der Waals surface area contributed by atoms with Crippen LogP contribution >= 0.6 is 0 Å². The zero-order valence-corrected chi connectivity index (χ0v) is 6.15. The van der Waals surface area contributed by atoms with Gasteiger partial charge >= 0.3 is 10.4 Å². The molecule has 0 saturated heterocycles. The SMILES string of the molecule is C=C(F)OS(=O)(=O)OCC. The topological polar surface area (TPSA) is 52.6 Å². The van der Waals surface area contributed by atoms with E-state index in [1.165, 1.54) is 6.92 Å². The van der Waals surface area contributed by atoms with E-state index in [0.717, 1.165) is 0 Å². The maximum absolute atomic E-state index is 11.6. The normalized spacial score (nSPS) is 11.0. The summed E-state index contributed by atoms with van der Waals surface area (Å²) in [6.07, 6.45) is 0. The van der Waals surface area contributed by atoms with Gasteiger partial charge in [-0.05, 0) is 13.5 Å². The van der Waals surface area contributed by atoms with Gasteiger partial charge in [-0.1, -0.05) is 0 Å². The molecule has 10 heavy (non-hydrogen) atoms. The van der Waals surface area contributed by atoms with Crippen molar-refractivity contribution in [2.75, 3.05) is 6.61 Å². The van der Waals surface area contributed by atoms with Gasteiger partial charge in [-0.25, -0.2) is 4.18 Å². The number of rotatable bonds is 4. The largest absolute Gasteiger partial charge is 0.451 e. The van der Waals surface area contributed by atoms with Crippen LogP contribution in [0.5, 0.6) is 0 Å². The molecule has 4 nitrogen and oxygen atoms in total. The number of hydrogen-bond acceptors (Lipinski definition) is 4. The van der Waals surface area contributed by atoms with Crippen LogP contribution in [0.1, 0.15) is 6.92 Å². The third-order valence-electron chi connectivity index (χ3n) is 0.455. The van der Waals surface area contributed by atoms with Gasteiger partial charge in [0.15, 0.2) is 0 Å². The first kappa shape index (κ1) is 9.38. The van der Waals surface area contributed by atoms with Crippen molar-refractivity contribution in [3.8, 4) is 0 Å². The highest BCUT2D eigenvalue weighted by Gasteiger charge is 2.11. The van der Waals surface area contributed by atoms with Crippen LogP contribution in [-0.4, -0.2) is 15.0 Å². The molecule has 0 aliphatic heterocycles. The van der Waals surface area contributed by atoms with Crippen LogP contribution in [0.2, 0.25) is 0 Å². The Labute approximate surface area is 58.6 Å². The molecule has 0 unspecified atom stereocenters. The lowest BCUT2D eigenvalue weighted by atomic mass is 10.9. The third kappa shape index (κ3) is 4.28. The maximum Gasteiger partial charge on any atom is 0.451 e. The van der Waals surface area contributed by atoms with Gasteiger partial charge in [0, 0.05) is 0 Å². The molecule has 0 atom stereocenters. The summed E-state index contributed by atoms with van der Waals surface area (Å²) < 4.78 is 39.8. The first-order valence-electron chi connectivity index (χ1n) is 2.41. The van der Waals surface area contributed by atoms with Gasteiger partial charge in [0.1, 0.15) is 0 Å². The molecule has 0 fully saturated rings. The predicted octanol–water partition coefficient (Wildman–Crippen LogP) is 0.725. The van der Waals surface area contributed by atoms with Crippen LogP contribution in [0.15, 0.2) is 12.6 Å². The van der Waals surface area contributed by atoms with E-state index in [4.69, 9.17) is 0 Å². The van der Waals surface area contributed by atoms with Crippen LogP contribution in [0.4, 0.5) is 4.39 Å². The fourth-order valence-electron chi connectivity index (χ4n) is 0.279. The molecule has 0 amide bonds. The van der Waals surface area contributed by atoms with Crippen LogP contribution in [0.3, 0.4) is 0 Å². The van der Waals surface area contributed by atoms with Gasteiger partial charge < -0.3 is 4.18 Å². The lowest BCUT2D eigenvalue weighted by Gasteiger charge is -2.00. The minimum atomic E-state index is -4.21. The average Bonchev–Trinajstić information content (AvgIpc) is 1.59. The highest BCUT2D eigenvalue weighted by atomic mass is 32.3. The molecule has 6 heteroatoms. The molecule has 0 heterocycles. The summed E-state index contributed by atoms with van der Waals surface area (Å²) in [7, 11) is -4.21. The molecule has 0 saturated carbocycles. The Kier molecular flexibility index (Phi) is 3.31. The quantitative estimate of drug-likeness (QED) is 0.583. The molecule has 60 valence electrons. The van der Waals surface area contributed by atoms with E-state index >= 15 is 0 Å². The molecule has 0 aromatic rings. The van der Waals surface area contributed by atoms with Gasteiger partial charge in [0.05, 0.1) is 6.61 Å². The van der Waals surface area contributed by atoms with Crippen molar-refractivity contribution in [2.24, 2.45) is 0 Å². The van der Waals surface area contributed by atoms with Gasteiger partial charge in [0.2, 0.25) is 0 Å². The van der Waals surface area contributed by atoms with Gasteiger partial charge in [0.25, 0.3) is 6.01 Å². The molecule has 0 rings (SSSR count). The molecule has 0 aromatic carbocycles. The predicted molar refractivity (Wildman–Crippen MR) is 31.9 cm³/mol. The Balaban J connectivity index is 4.02. The summed E-state index contributed by atoms with van der Waals surface area (Å²) in [4.78, 5) is 0. The summed E-state index contributed by atoms with van der Waals surface area (Å²) >= 11 is 0. The molecule has 0 N–H and O–H groups in total. The van der Waals surface area contributed by atoms with Crippen molar-refractivity contribution < 1.29 is 21.2 Å². The van der Waals surface area contributed by atoms with Crippen molar-refractivity contribution in [3.05, 3.63) is 12.6 Å².